The van der Waals surface area contributed by atoms with Crippen molar-refractivity contribution < 1.29 is 4.42 Å². The third-order valence-corrected chi connectivity index (χ3v) is 10.9. The van der Waals surface area contributed by atoms with Crippen LogP contribution in [0.1, 0.15) is 5.56 Å². The number of aryl methyl sites for hydroxylation is 1. The van der Waals surface area contributed by atoms with Crippen LogP contribution >= 0.6 is 0 Å². The highest BCUT2D eigenvalue weighted by atomic mass is 16.3. The second kappa shape index (κ2) is 13.7. The van der Waals surface area contributed by atoms with Crippen molar-refractivity contribution in [3.8, 4) is 44.7 Å². The molecular weight excluding hydrogens is 667 g/mol. The summed E-state index contributed by atoms with van der Waals surface area (Å²) >= 11 is 0. The first kappa shape index (κ1) is 32.5. The lowest BCUT2D eigenvalue weighted by atomic mass is 9.96. The lowest BCUT2D eigenvalue weighted by Gasteiger charge is -2.29. The molecule has 2 nitrogen and oxygen atoms in total. The van der Waals surface area contributed by atoms with Crippen LogP contribution in [0.2, 0.25) is 0 Å². The fraction of sp³-hybridized carbons (Fsp3) is 0.0189. The minimum atomic E-state index is 0.921. The first-order chi connectivity index (χ1) is 27.2. The van der Waals surface area contributed by atoms with E-state index in [1.165, 1.54) is 54.9 Å². The smallest absolute Gasteiger partial charge is 0.138 e. The van der Waals surface area contributed by atoms with E-state index in [0.717, 1.165) is 44.9 Å². The van der Waals surface area contributed by atoms with E-state index in [0.29, 0.717) is 0 Å². The molecule has 1 heterocycles. The molecule has 0 radical (unpaired) electrons. The number of nitrogens with zero attached hydrogens (tertiary/aromatic N) is 1. The Morgan fingerprint density at radius 3 is 1.69 bits per heavy atom. The average Bonchev–Trinajstić information content (AvgIpc) is 3.60. The summed E-state index contributed by atoms with van der Waals surface area (Å²) in [4.78, 5) is 2.43. The summed E-state index contributed by atoms with van der Waals surface area (Å²) in [6.07, 6.45) is 0. The first-order valence-electron chi connectivity index (χ1n) is 18.8. The van der Waals surface area contributed by atoms with Crippen LogP contribution in [0.4, 0.5) is 17.1 Å². The largest absolute Gasteiger partial charge is 0.456 e. The van der Waals surface area contributed by atoms with Gasteiger partial charge in [-0.2, -0.15) is 0 Å². The van der Waals surface area contributed by atoms with Crippen LogP contribution in [0.25, 0.3) is 77.2 Å². The molecular formula is C53H37NO. The highest BCUT2D eigenvalue weighted by molar-refractivity contribution is 6.15. The third kappa shape index (κ3) is 5.85. The second-order valence-electron chi connectivity index (χ2n) is 14.1. The van der Waals surface area contributed by atoms with Gasteiger partial charge in [-0.3, -0.25) is 0 Å². The number of furan rings is 1. The molecule has 1 aromatic heterocycles. The van der Waals surface area contributed by atoms with Crippen molar-refractivity contribution in [1.29, 1.82) is 0 Å². The zero-order valence-corrected chi connectivity index (χ0v) is 30.5. The van der Waals surface area contributed by atoms with E-state index in [1.807, 2.05) is 12.1 Å². The SMILES string of the molecule is Cc1c(-c2cccc(-c3ccc(-c4ccc(N(c5ccccc5-c5ccccc5)c5cc6ccccc6c6ccccc56)cc4)cc3)c2)oc2ccccc12. The Labute approximate surface area is 321 Å². The topological polar surface area (TPSA) is 16.4 Å². The van der Waals surface area contributed by atoms with Gasteiger partial charge in [0.1, 0.15) is 11.3 Å². The standard InChI is InChI=1S/C53H37NO/c1-36-45-19-10-12-25-52(45)55-53(36)43-18-13-17-41(34-43)39-28-26-37(27-29-39)38-30-32-44(33-31-38)54(50-24-11-9-21-47(50)40-14-3-2-4-15-40)51-35-42-16-5-6-20-46(42)48-22-7-8-23-49(48)51/h2-35H,1H3. The van der Waals surface area contributed by atoms with Crippen LogP contribution in [0, 0.1) is 6.92 Å². The molecule has 10 rings (SSSR count). The van der Waals surface area contributed by atoms with Crippen LogP contribution in [0.15, 0.2) is 211 Å². The van der Waals surface area contributed by atoms with Crippen molar-refractivity contribution in [2.24, 2.45) is 0 Å². The summed E-state index contributed by atoms with van der Waals surface area (Å²) in [6, 6.07) is 74.0. The first-order valence-corrected chi connectivity index (χ1v) is 18.8. The van der Waals surface area contributed by atoms with Crippen LogP contribution in [-0.4, -0.2) is 0 Å². The van der Waals surface area contributed by atoms with E-state index in [-0.39, 0.29) is 0 Å². The molecule has 0 aliphatic carbocycles. The van der Waals surface area contributed by atoms with Gasteiger partial charge in [0.2, 0.25) is 0 Å². The molecule has 0 amide bonds. The summed E-state index contributed by atoms with van der Waals surface area (Å²) in [5.41, 5.74) is 13.6. The Balaban J connectivity index is 1.04. The minimum Gasteiger partial charge on any atom is -0.456 e. The number of para-hydroxylation sites is 2. The van der Waals surface area contributed by atoms with Gasteiger partial charge in [-0.15, -0.1) is 0 Å². The van der Waals surface area contributed by atoms with Gasteiger partial charge in [0.05, 0.1) is 11.4 Å². The lowest BCUT2D eigenvalue weighted by Crippen LogP contribution is -2.12. The minimum absolute atomic E-state index is 0.921. The zero-order chi connectivity index (χ0) is 36.7. The van der Waals surface area contributed by atoms with Gasteiger partial charge in [0, 0.05) is 33.2 Å². The van der Waals surface area contributed by atoms with E-state index in [4.69, 9.17) is 4.42 Å². The molecule has 0 saturated heterocycles. The lowest BCUT2D eigenvalue weighted by molar-refractivity contribution is 0.629. The quantitative estimate of drug-likeness (QED) is 0.154. The fourth-order valence-electron chi connectivity index (χ4n) is 8.11. The number of hydrogen-bond donors (Lipinski definition) is 0. The number of fused-ring (bicyclic) bond motifs is 4. The van der Waals surface area contributed by atoms with Crippen LogP contribution < -0.4 is 4.90 Å². The van der Waals surface area contributed by atoms with Gasteiger partial charge < -0.3 is 9.32 Å². The van der Waals surface area contributed by atoms with Gasteiger partial charge >= 0.3 is 0 Å². The number of anilines is 3. The third-order valence-electron chi connectivity index (χ3n) is 10.9. The molecule has 2 heteroatoms. The van der Waals surface area contributed by atoms with Crippen molar-refractivity contribution >= 4 is 49.6 Å². The van der Waals surface area contributed by atoms with Crippen molar-refractivity contribution in [1.82, 2.24) is 0 Å². The molecule has 55 heavy (non-hydrogen) atoms. The van der Waals surface area contributed by atoms with E-state index >= 15 is 0 Å². The molecule has 0 N–H and O–H groups in total. The fourth-order valence-corrected chi connectivity index (χ4v) is 8.11. The van der Waals surface area contributed by atoms with Gasteiger partial charge in [0.15, 0.2) is 0 Å². The van der Waals surface area contributed by atoms with Gasteiger partial charge in [0.25, 0.3) is 0 Å². The molecule has 0 bridgehead atoms. The average molecular weight is 704 g/mol. The molecule has 0 saturated carbocycles. The molecule has 0 atom stereocenters. The highest BCUT2D eigenvalue weighted by Gasteiger charge is 2.20. The van der Waals surface area contributed by atoms with Crippen molar-refractivity contribution in [3.05, 3.63) is 212 Å². The van der Waals surface area contributed by atoms with E-state index < -0.39 is 0 Å². The van der Waals surface area contributed by atoms with Crippen LogP contribution in [0.3, 0.4) is 0 Å². The highest BCUT2D eigenvalue weighted by Crippen LogP contribution is 2.45. The summed E-state index contributed by atoms with van der Waals surface area (Å²) in [6.45, 7) is 2.14. The Kier molecular flexibility index (Phi) is 8.08. The monoisotopic (exact) mass is 703 g/mol. The molecule has 0 spiro atoms. The number of hydrogen-bond acceptors (Lipinski definition) is 2. The van der Waals surface area contributed by atoms with Gasteiger partial charge in [-0.25, -0.2) is 0 Å². The second-order valence-corrected chi connectivity index (χ2v) is 14.1. The van der Waals surface area contributed by atoms with Crippen molar-refractivity contribution in [2.45, 2.75) is 6.92 Å². The Bertz CT molecular complexity index is 2970. The predicted molar refractivity (Wildman–Crippen MR) is 232 cm³/mol. The molecule has 10 aromatic rings. The van der Waals surface area contributed by atoms with Crippen LogP contribution in [0.5, 0.6) is 0 Å². The maximum Gasteiger partial charge on any atom is 0.138 e. The van der Waals surface area contributed by atoms with Crippen molar-refractivity contribution in [2.75, 3.05) is 4.90 Å². The molecule has 0 aliphatic heterocycles. The normalized spacial score (nSPS) is 11.4. The molecule has 260 valence electrons. The molecule has 9 aromatic carbocycles. The number of benzene rings is 9. The summed E-state index contributed by atoms with van der Waals surface area (Å²) in [5, 5.41) is 6.09. The summed E-state index contributed by atoms with van der Waals surface area (Å²) < 4.78 is 6.30. The van der Waals surface area contributed by atoms with E-state index in [2.05, 4.69) is 206 Å². The van der Waals surface area contributed by atoms with Crippen molar-refractivity contribution in [3.63, 3.8) is 0 Å². The molecule has 0 aliphatic rings. The van der Waals surface area contributed by atoms with Gasteiger partial charge in [-0.1, -0.05) is 170 Å². The zero-order valence-electron chi connectivity index (χ0n) is 30.5. The number of rotatable bonds is 7. The van der Waals surface area contributed by atoms with E-state index in [1.54, 1.807) is 0 Å². The maximum atomic E-state index is 6.30. The Hall–Kier alpha value is -7.16. The molecule has 0 unspecified atom stereocenters. The summed E-state index contributed by atoms with van der Waals surface area (Å²) in [5.74, 6) is 0.928. The molecule has 0 fully saturated rings. The van der Waals surface area contributed by atoms with E-state index in [9.17, 15) is 0 Å². The predicted octanol–water partition coefficient (Wildman–Crippen LogP) is 15.2. The maximum absolute atomic E-state index is 6.30. The summed E-state index contributed by atoms with van der Waals surface area (Å²) in [7, 11) is 0. The Morgan fingerprint density at radius 2 is 0.927 bits per heavy atom. The Morgan fingerprint density at radius 1 is 0.364 bits per heavy atom. The van der Waals surface area contributed by atoms with Crippen LogP contribution in [-0.2, 0) is 0 Å². The van der Waals surface area contributed by atoms with Gasteiger partial charge in [-0.05, 0) is 87.3 Å².